The number of hydrogen-bond acceptors (Lipinski definition) is 5. The number of aromatic hydroxyl groups is 3. The Hall–Kier alpha value is -3.34. The van der Waals surface area contributed by atoms with Gasteiger partial charge in [-0.25, -0.2) is 0 Å². The highest BCUT2D eigenvalue weighted by molar-refractivity contribution is 5.50. The summed E-state index contributed by atoms with van der Waals surface area (Å²) in [6.45, 7) is 0. The zero-order valence-electron chi connectivity index (χ0n) is 12.0. The summed E-state index contributed by atoms with van der Waals surface area (Å²) in [4.78, 5) is 0. The second-order valence-electron chi connectivity index (χ2n) is 4.77. The van der Waals surface area contributed by atoms with E-state index in [-0.39, 0.29) is 34.5 Å². The molecule has 3 aromatic carbocycles. The molecule has 3 rings (SSSR count). The molecule has 5 heteroatoms. The van der Waals surface area contributed by atoms with Gasteiger partial charge in [0.05, 0.1) is 0 Å². The van der Waals surface area contributed by atoms with Crippen LogP contribution in [0.15, 0.2) is 66.7 Å². The summed E-state index contributed by atoms with van der Waals surface area (Å²) >= 11 is 0. The molecule has 0 saturated heterocycles. The van der Waals surface area contributed by atoms with Crippen molar-refractivity contribution >= 4 is 0 Å². The van der Waals surface area contributed by atoms with E-state index < -0.39 is 0 Å². The van der Waals surface area contributed by atoms with Gasteiger partial charge < -0.3 is 24.8 Å². The minimum Gasteiger partial charge on any atom is -0.504 e. The molecule has 0 radical (unpaired) electrons. The number of benzene rings is 3. The number of ether oxygens (including phenoxy) is 2. The summed E-state index contributed by atoms with van der Waals surface area (Å²) in [6.07, 6.45) is 0. The van der Waals surface area contributed by atoms with Gasteiger partial charge in [0.25, 0.3) is 0 Å². The van der Waals surface area contributed by atoms with E-state index in [9.17, 15) is 15.3 Å². The molecule has 23 heavy (non-hydrogen) atoms. The number of para-hydroxylation sites is 4. The largest absolute Gasteiger partial charge is 0.504 e. The third-order valence-corrected chi connectivity index (χ3v) is 3.11. The van der Waals surface area contributed by atoms with E-state index in [0.717, 1.165) is 0 Å². The molecular weight excluding hydrogens is 296 g/mol. The first-order valence-electron chi connectivity index (χ1n) is 6.88. The summed E-state index contributed by atoms with van der Waals surface area (Å²) in [6, 6.07) is 17.4. The van der Waals surface area contributed by atoms with Crippen molar-refractivity contribution in [1.29, 1.82) is 0 Å². The SMILES string of the molecule is Oc1ccccc1Oc1ccc(Oc2ccccc2O)c(O)c1. The molecule has 5 nitrogen and oxygen atoms in total. The minimum absolute atomic E-state index is 0.00141. The normalized spacial score (nSPS) is 10.3. The van der Waals surface area contributed by atoms with Crippen molar-refractivity contribution < 1.29 is 24.8 Å². The van der Waals surface area contributed by atoms with Crippen LogP contribution in [0.25, 0.3) is 0 Å². The van der Waals surface area contributed by atoms with Crippen molar-refractivity contribution in [3.8, 4) is 40.2 Å². The molecule has 0 bridgehead atoms. The lowest BCUT2D eigenvalue weighted by atomic mass is 10.2. The highest BCUT2D eigenvalue weighted by Gasteiger charge is 2.10. The summed E-state index contributed by atoms with van der Waals surface area (Å²) < 4.78 is 11.0. The number of phenolic OH excluding ortho intramolecular Hbond substituents is 3. The van der Waals surface area contributed by atoms with Crippen LogP contribution in [0.1, 0.15) is 0 Å². The molecule has 116 valence electrons. The predicted molar refractivity (Wildman–Crippen MR) is 84.5 cm³/mol. The lowest BCUT2D eigenvalue weighted by Gasteiger charge is -2.11. The van der Waals surface area contributed by atoms with E-state index in [4.69, 9.17) is 9.47 Å². The Labute approximate surface area is 132 Å². The molecular formula is C18H14O5. The summed E-state index contributed by atoms with van der Waals surface area (Å²) in [5, 5.41) is 29.4. The zero-order valence-corrected chi connectivity index (χ0v) is 12.0. The molecule has 0 atom stereocenters. The van der Waals surface area contributed by atoms with Gasteiger partial charge >= 0.3 is 0 Å². The maximum absolute atomic E-state index is 10.0. The van der Waals surface area contributed by atoms with Gasteiger partial charge in [-0.1, -0.05) is 24.3 Å². The summed E-state index contributed by atoms with van der Waals surface area (Å²) in [5.74, 6) is 0.854. The smallest absolute Gasteiger partial charge is 0.169 e. The quantitative estimate of drug-likeness (QED) is 0.666. The Morgan fingerprint density at radius 3 is 1.61 bits per heavy atom. The lowest BCUT2D eigenvalue weighted by molar-refractivity contribution is 0.379. The Balaban J connectivity index is 1.81. The number of rotatable bonds is 4. The van der Waals surface area contributed by atoms with Crippen molar-refractivity contribution in [3.63, 3.8) is 0 Å². The maximum Gasteiger partial charge on any atom is 0.169 e. The summed E-state index contributed by atoms with van der Waals surface area (Å²) in [5.41, 5.74) is 0. The molecule has 3 aromatic rings. The highest BCUT2D eigenvalue weighted by atomic mass is 16.5. The molecule has 0 aliphatic heterocycles. The topological polar surface area (TPSA) is 79.2 Å². The van der Waals surface area contributed by atoms with Crippen LogP contribution in [0.2, 0.25) is 0 Å². The average Bonchev–Trinajstić information content (AvgIpc) is 2.54. The van der Waals surface area contributed by atoms with Gasteiger partial charge in [0.2, 0.25) is 0 Å². The second kappa shape index (κ2) is 6.19. The van der Waals surface area contributed by atoms with Crippen LogP contribution in [0.4, 0.5) is 0 Å². The maximum atomic E-state index is 10.0. The van der Waals surface area contributed by atoms with Gasteiger partial charge in [-0.15, -0.1) is 0 Å². The van der Waals surface area contributed by atoms with Crippen LogP contribution in [0.3, 0.4) is 0 Å². The second-order valence-corrected chi connectivity index (χ2v) is 4.77. The standard InChI is InChI=1S/C18H14O5/c19-13-5-1-3-7-16(13)22-12-9-10-18(15(21)11-12)23-17-8-4-2-6-14(17)20/h1-11,19-21H. The molecule has 0 unspecified atom stereocenters. The van der Waals surface area contributed by atoms with Crippen molar-refractivity contribution in [2.24, 2.45) is 0 Å². The van der Waals surface area contributed by atoms with Crippen molar-refractivity contribution in [1.82, 2.24) is 0 Å². The molecule has 0 aliphatic carbocycles. The van der Waals surface area contributed by atoms with E-state index >= 15 is 0 Å². The Bertz CT molecular complexity index is 829. The fourth-order valence-electron chi connectivity index (χ4n) is 1.98. The highest BCUT2D eigenvalue weighted by Crippen LogP contribution is 2.38. The van der Waals surface area contributed by atoms with Crippen LogP contribution in [0.5, 0.6) is 40.2 Å². The fraction of sp³-hybridized carbons (Fsp3) is 0. The van der Waals surface area contributed by atoms with Gasteiger partial charge in [0.1, 0.15) is 5.75 Å². The van der Waals surface area contributed by atoms with Gasteiger partial charge in [-0.3, -0.25) is 0 Å². The van der Waals surface area contributed by atoms with Gasteiger partial charge in [-0.2, -0.15) is 0 Å². The third-order valence-electron chi connectivity index (χ3n) is 3.11. The Morgan fingerprint density at radius 2 is 1.04 bits per heavy atom. The number of hydrogen-bond donors (Lipinski definition) is 3. The Morgan fingerprint density at radius 1 is 0.522 bits per heavy atom. The van der Waals surface area contributed by atoms with Crippen molar-refractivity contribution in [2.45, 2.75) is 0 Å². The molecule has 0 fully saturated rings. The molecule has 3 N–H and O–H groups in total. The van der Waals surface area contributed by atoms with Crippen LogP contribution in [-0.4, -0.2) is 15.3 Å². The van der Waals surface area contributed by atoms with Crippen molar-refractivity contribution in [2.75, 3.05) is 0 Å². The molecule has 0 aliphatic rings. The first-order valence-corrected chi connectivity index (χ1v) is 6.88. The van der Waals surface area contributed by atoms with Crippen molar-refractivity contribution in [3.05, 3.63) is 66.7 Å². The molecule has 0 heterocycles. The summed E-state index contributed by atoms with van der Waals surface area (Å²) in [7, 11) is 0. The minimum atomic E-state index is -0.152. The van der Waals surface area contributed by atoms with E-state index in [1.807, 2.05) is 0 Å². The fourth-order valence-corrected chi connectivity index (χ4v) is 1.98. The van der Waals surface area contributed by atoms with E-state index in [0.29, 0.717) is 5.75 Å². The lowest BCUT2D eigenvalue weighted by Crippen LogP contribution is -1.88. The molecule has 0 amide bonds. The Kier molecular flexibility index (Phi) is 3.93. The first kappa shape index (κ1) is 14.6. The number of phenols is 3. The third kappa shape index (κ3) is 3.29. The monoisotopic (exact) mass is 310 g/mol. The first-order chi connectivity index (χ1) is 11.1. The van der Waals surface area contributed by atoms with Crippen LogP contribution < -0.4 is 9.47 Å². The molecule has 0 spiro atoms. The van der Waals surface area contributed by atoms with E-state index in [1.54, 1.807) is 42.5 Å². The van der Waals surface area contributed by atoms with Crippen LogP contribution >= 0.6 is 0 Å². The van der Waals surface area contributed by atoms with Gasteiger partial charge in [0.15, 0.2) is 34.5 Å². The predicted octanol–water partition coefficient (Wildman–Crippen LogP) is 4.39. The average molecular weight is 310 g/mol. The van der Waals surface area contributed by atoms with Crippen LogP contribution in [-0.2, 0) is 0 Å². The van der Waals surface area contributed by atoms with Gasteiger partial charge in [-0.05, 0) is 36.4 Å². The molecule has 0 saturated carbocycles. The van der Waals surface area contributed by atoms with E-state index in [2.05, 4.69) is 0 Å². The molecule has 0 aromatic heterocycles. The van der Waals surface area contributed by atoms with Crippen LogP contribution in [0, 0.1) is 0 Å². The van der Waals surface area contributed by atoms with E-state index in [1.165, 1.54) is 24.3 Å². The zero-order chi connectivity index (χ0) is 16.2. The van der Waals surface area contributed by atoms with Gasteiger partial charge in [0, 0.05) is 6.07 Å².